The van der Waals surface area contributed by atoms with Gasteiger partial charge < -0.3 is 15.4 Å². The highest BCUT2D eigenvalue weighted by atomic mass is 16.5. The fourth-order valence-electron chi connectivity index (χ4n) is 2.07. The molecule has 0 saturated heterocycles. The number of methoxy groups -OCH3 is 1. The van der Waals surface area contributed by atoms with E-state index in [2.05, 4.69) is 22.5 Å². The number of ether oxygens (including phenoxy) is 1. The Bertz CT molecular complexity index is 430. The quantitative estimate of drug-likeness (QED) is 0.821. The Balaban J connectivity index is 1.88. The second-order valence-electron chi connectivity index (χ2n) is 4.86. The first-order chi connectivity index (χ1) is 9.22. The second-order valence-corrected chi connectivity index (χ2v) is 4.86. The van der Waals surface area contributed by atoms with Crippen LogP contribution in [-0.4, -0.2) is 36.7 Å². The fraction of sp³-hybridized carbons (Fsp3) is 0.571. The van der Waals surface area contributed by atoms with Gasteiger partial charge in [-0.1, -0.05) is 6.92 Å². The van der Waals surface area contributed by atoms with E-state index in [1.807, 2.05) is 0 Å². The van der Waals surface area contributed by atoms with Crippen LogP contribution in [0.2, 0.25) is 0 Å². The molecule has 1 heterocycles. The van der Waals surface area contributed by atoms with Crippen molar-refractivity contribution in [2.45, 2.75) is 38.3 Å². The molecule has 1 aromatic heterocycles. The standard InChI is InChI=1S/C14H21N3O2/c1-3-5-15-13-7-10(4-6-16-13)14(18)17-11-8-12(9-11)19-2/h4,6-7,11-12H,3,5,8-9H2,1-2H3,(H,15,16)(H,17,18). The van der Waals surface area contributed by atoms with Crippen LogP contribution in [0.4, 0.5) is 5.82 Å². The van der Waals surface area contributed by atoms with Crippen molar-refractivity contribution >= 4 is 11.7 Å². The van der Waals surface area contributed by atoms with Crippen molar-refractivity contribution < 1.29 is 9.53 Å². The van der Waals surface area contributed by atoms with Crippen LogP contribution in [0, 0.1) is 0 Å². The van der Waals surface area contributed by atoms with Gasteiger partial charge in [0.15, 0.2) is 0 Å². The average molecular weight is 263 g/mol. The summed E-state index contributed by atoms with van der Waals surface area (Å²) < 4.78 is 5.20. The number of nitrogens with one attached hydrogen (secondary N) is 2. The van der Waals surface area contributed by atoms with Gasteiger partial charge in [-0.2, -0.15) is 0 Å². The van der Waals surface area contributed by atoms with E-state index < -0.39 is 0 Å². The highest BCUT2D eigenvalue weighted by Gasteiger charge is 2.30. The predicted molar refractivity (Wildman–Crippen MR) is 74.3 cm³/mol. The maximum Gasteiger partial charge on any atom is 0.251 e. The Labute approximate surface area is 113 Å². The van der Waals surface area contributed by atoms with E-state index in [0.29, 0.717) is 11.7 Å². The topological polar surface area (TPSA) is 63.2 Å². The van der Waals surface area contributed by atoms with Crippen LogP contribution in [0.3, 0.4) is 0 Å². The van der Waals surface area contributed by atoms with Crippen molar-refractivity contribution in [1.29, 1.82) is 0 Å². The van der Waals surface area contributed by atoms with Gasteiger partial charge >= 0.3 is 0 Å². The van der Waals surface area contributed by atoms with Gasteiger partial charge in [-0.25, -0.2) is 4.98 Å². The molecule has 0 atom stereocenters. The molecule has 0 aliphatic heterocycles. The molecular weight excluding hydrogens is 242 g/mol. The van der Waals surface area contributed by atoms with Crippen molar-refractivity contribution in [3.05, 3.63) is 23.9 Å². The number of carbonyl (C=O) groups is 1. The van der Waals surface area contributed by atoms with Gasteiger partial charge in [0.05, 0.1) is 6.10 Å². The van der Waals surface area contributed by atoms with E-state index in [1.54, 1.807) is 25.4 Å². The highest BCUT2D eigenvalue weighted by Crippen LogP contribution is 2.22. The largest absolute Gasteiger partial charge is 0.381 e. The lowest BCUT2D eigenvalue weighted by atomic mass is 9.89. The zero-order valence-corrected chi connectivity index (χ0v) is 11.5. The first-order valence-corrected chi connectivity index (χ1v) is 6.76. The van der Waals surface area contributed by atoms with E-state index in [0.717, 1.165) is 31.6 Å². The Morgan fingerprint density at radius 3 is 3.00 bits per heavy atom. The Morgan fingerprint density at radius 2 is 2.32 bits per heavy atom. The highest BCUT2D eigenvalue weighted by molar-refractivity contribution is 5.95. The zero-order chi connectivity index (χ0) is 13.7. The van der Waals surface area contributed by atoms with Gasteiger partial charge in [0, 0.05) is 31.5 Å². The summed E-state index contributed by atoms with van der Waals surface area (Å²) in [6.45, 7) is 2.95. The molecule has 1 amide bonds. The van der Waals surface area contributed by atoms with Gasteiger partial charge in [-0.05, 0) is 31.4 Å². The number of amides is 1. The van der Waals surface area contributed by atoms with Crippen molar-refractivity contribution in [1.82, 2.24) is 10.3 Å². The van der Waals surface area contributed by atoms with Gasteiger partial charge in [0.1, 0.15) is 5.82 Å². The Hall–Kier alpha value is -1.62. The second kappa shape index (κ2) is 6.52. The van der Waals surface area contributed by atoms with Gasteiger partial charge in [-0.3, -0.25) is 4.79 Å². The smallest absolute Gasteiger partial charge is 0.251 e. The van der Waals surface area contributed by atoms with Crippen LogP contribution in [0.25, 0.3) is 0 Å². The van der Waals surface area contributed by atoms with E-state index in [-0.39, 0.29) is 11.9 Å². The van der Waals surface area contributed by atoms with Crippen LogP contribution < -0.4 is 10.6 Å². The molecule has 0 radical (unpaired) electrons. The van der Waals surface area contributed by atoms with Gasteiger partial charge in [-0.15, -0.1) is 0 Å². The molecule has 0 unspecified atom stereocenters. The fourth-order valence-corrected chi connectivity index (χ4v) is 2.07. The minimum Gasteiger partial charge on any atom is -0.381 e. The molecule has 5 heteroatoms. The van der Waals surface area contributed by atoms with Gasteiger partial charge in [0.2, 0.25) is 0 Å². The number of aromatic nitrogens is 1. The molecule has 19 heavy (non-hydrogen) atoms. The molecule has 104 valence electrons. The van der Waals surface area contributed by atoms with Crippen molar-refractivity contribution in [3.8, 4) is 0 Å². The minimum absolute atomic E-state index is 0.0403. The number of hydrogen-bond acceptors (Lipinski definition) is 4. The summed E-state index contributed by atoms with van der Waals surface area (Å²) in [5, 5.41) is 6.18. The molecule has 1 aliphatic rings. The molecule has 1 fully saturated rings. The summed E-state index contributed by atoms with van der Waals surface area (Å²) >= 11 is 0. The SMILES string of the molecule is CCCNc1cc(C(=O)NC2CC(OC)C2)ccn1. The molecule has 1 saturated carbocycles. The third kappa shape index (κ3) is 3.67. The van der Waals surface area contributed by atoms with Crippen molar-refractivity contribution in [3.63, 3.8) is 0 Å². The summed E-state index contributed by atoms with van der Waals surface area (Å²) in [6.07, 6.45) is 4.77. The number of carbonyl (C=O) groups excluding carboxylic acids is 1. The van der Waals surface area contributed by atoms with E-state index >= 15 is 0 Å². The Kier molecular flexibility index (Phi) is 4.74. The summed E-state index contributed by atoms with van der Waals surface area (Å²) in [7, 11) is 1.71. The summed E-state index contributed by atoms with van der Waals surface area (Å²) in [6, 6.07) is 3.76. The number of nitrogens with zero attached hydrogens (tertiary/aromatic N) is 1. The normalized spacial score (nSPS) is 21.6. The number of anilines is 1. The lowest BCUT2D eigenvalue weighted by Crippen LogP contribution is -2.47. The molecule has 1 aromatic rings. The first kappa shape index (κ1) is 13.8. The van der Waals surface area contributed by atoms with Crippen LogP contribution in [0.5, 0.6) is 0 Å². The minimum atomic E-state index is -0.0403. The summed E-state index contributed by atoms with van der Waals surface area (Å²) in [5.41, 5.74) is 0.648. The van der Waals surface area contributed by atoms with Crippen LogP contribution >= 0.6 is 0 Å². The van der Waals surface area contributed by atoms with E-state index in [9.17, 15) is 4.79 Å². The van der Waals surface area contributed by atoms with Gasteiger partial charge in [0.25, 0.3) is 5.91 Å². The van der Waals surface area contributed by atoms with Crippen molar-refractivity contribution in [2.24, 2.45) is 0 Å². The van der Waals surface area contributed by atoms with E-state index in [1.165, 1.54) is 0 Å². The molecule has 1 aliphatic carbocycles. The van der Waals surface area contributed by atoms with Crippen molar-refractivity contribution in [2.75, 3.05) is 19.0 Å². The van der Waals surface area contributed by atoms with Crippen LogP contribution in [0.1, 0.15) is 36.5 Å². The molecule has 5 nitrogen and oxygen atoms in total. The molecule has 0 spiro atoms. The van der Waals surface area contributed by atoms with E-state index in [4.69, 9.17) is 4.74 Å². The lowest BCUT2D eigenvalue weighted by Gasteiger charge is -2.34. The van der Waals surface area contributed by atoms with Crippen LogP contribution in [-0.2, 0) is 4.74 Å². The molecule has 0 aromatic carbocycles. The molecule has 2 rings (SSSR count). The third-order valence-corrected chi connectivity index (χ3v) is 3.34. The molecule has 2 N–H and O–H groups in total. The number of hydrogen-bond donors (Lipinski definition) is 2. The maximum atomic E-state index is 12.1. The first-order valence-electron chi connectivity index (χ1n) is 6.76. The predicted octanol–water partition coefficient (Wildman–Crippen LogP) is 1.81. The summed E-state index contributed by atoms with van der Waals surface area (Å²) in [5.74, 6) is 0.708. The molecule has 0 bridgehead atoms. The average Bonchev–Trinajstić information content (AvgIpc) is 2.40. The monoisotopic (exact) mass is 263 g/mol. The lowest BCUT2D eigenvalue weighted by molar-refractivity contribution is 0.0176. The number of rotatable bonds is 6. The van der Waals surface area contributed by atoms with Crippen LogP contribution in [0.15, 0.2) is 18.3 Å². The molecular formula is C14H21N3O2. The number of pyridine rings is 1. The Morgan fingerprint density at radius 1 is 1.53 bits per heavy atom. The summed E-state index contributed by atoms with van der Waals surface area (Å²) in [4.78, 5) is 16.2. The zero-order valence-electron chi connectivity index (χ0n) is 11.5. The maximum absolute atomic E-state index is 12.1. The third-order valence-electron chi connectivity index (χ3n) is 3.34.